The maximum Gasteiger partial charge on any atom is 0.322 e. The first-order valence-electron chi connectivity index (χ1n) is 8.27. The van der Waals surface area contributed by atoms with E-state index in [1.807, 2.05) is 30.0 Å². The first kappa shape index (κ1) is 15.6. The smallest absolute Gasteiger partial charge is 0.317 e. The maximum absolute atomic E-state index is 12.8. The first-order chi connectivity index (χ1) is 11.1. The van der Waals surface area contributed by atoms with Gasteiger partial charge in [-0.1, -0.05) is 36.4 Å². The van der Waals surface area contributed by atoms with Crippen molar-refractivity contribution in [1.29, 1.82) is 0 Å². The van der Waals surface area contributed by atoms with Crippen LogP contribution in [0.2, 0.25) is 0 Å². The summed E-state index contributed by atoms with van der Waals surface area (Å²) in [4.78, 5) is 14.8. The van der Waals surface area contributed by atoms with Crippen molar-refractivity contribution in [3.05, 3.63) is 64.7 Å². The highest BCUT2D eigenvalue weighted by Crippen LogP contribution is 2.34. The fourth-order valence-corrected chi connectivity index (χ4v) is 3.37. The van der Waals surface area contributed by atoms with Crippen molar-refractivity contribution in [3.63, 3.8) is 0 Å². The fraction of sp³-hybridized carbons (Fsp3) is 0.350. The SMILES string of the molecule is Cc1ccccc1C1CCCN1C(=O)Nc1cccc(C)c1C. The zero-order valence-corrected chi connectivity index (χ0v) is 14.1. The summed E-state index contributed by atoms with van der Waals surface area (Å²) in [7, 11) is 0. The highest BCUT2D eigenvalue weighted by Gasteiger charge is 2.30. The van der Waals surface area contributed by atoms with Gasteiger partial charge in [-0.15, -0.1) is 0 Å². The lowest BCUT2D eigenvalue weighted by atomic mass is 9.99. The Morgan fingerprint density at radius 1 is 1.04 bits per heavy atom. The first-order valence-corrected chi connectivity index (χ1v) is 8.27. The van der Waals surface area contributed by atoms with Crippen molar-refractivity contribution in [1.82, 2.24) is 4.90 Å². The van der Waals surface area contributed by atoms with E-state index in [-0.39, 0.29) is 12.1 Å². The monoisotopic (exact) mass is 308 g/mol. The zero-order chi connectivity index (χ0) is 16.4. The second kappa shape index (κ2) is 6.45. The topological polar surface area (TPSA) is 32.3 Å². The summed E-state index contributed by atoms with van der Waals surface area (Å²) in [5.41, 5.74) is 5.75. The molecule has 2 aromatic carbocycles. The van der Waals surface area contributed by atoms with Crippen molar-refractivity contribution >= 4 is 11.7 Å². The Bertz CT molecular complexity index is 723. The van der Waals surface area contributed by atoms with Crippen LogP contribution in [0.5, 0.6) is 0 Å². The number of anilines is 1. The highest BCUT2D eigenvalue weighted by molar-refractivity contribution is 5.90. The normalized spacial score (nSPS) is 17.3. The van der Waals surface area contributed by atoms with E-state index < -0.39 is 0 Å². The van der Waals surface area contributed by atoms with Crippen molar-refractivity contribution in [2.75, 3.05) is 11.9 Å². The van der Waals surface area contributed by atoms with Crippen molar-refractivity contribution in [2.45, 2.75) is 39.7 Å². The van der Waals surface area contributed by atoms with Gasteiger partial charge in [0.25, 0.3) is 0 Å². The number of rotatable bonds is 2. The Morgan fingerprint density at radius 2 is 1.78 bits per heavy atom. The number of carbonyl (C=O) groups excluding carboxylic acids is 1. The van der Waals surface area contributed by atoms with Gasteiger partial charge in [0.05, 0.1) is 6.04 Å². The third-order valence-electron chi connectivity index (χ3n) is 4.91. The maximum atomic E-state index is 12.8. The number of hydrogen-bond donors (Lipinski definition) is 1. The van der Waals surface area contributed by atoms with E-state index in [1.54, 1.807) is 0 Å². The molecule has 1 aliphatic rings. The number of nitrogens with zero attached hydrogens (tertiary/aromatic N) is 1. The number of amides is 2. The molecular weight excluding hydrogens is 284 g/mol. The van der Waals surface area contributed by atoms with Gasteiger partial charge in [0.15, 0.2) is 0 Å². The summed E-state index contributed by atoms with van der Waals surface area (Å²) in [5.74, 6) is 0. The van der Waals surface area contributed by atoms with Gasteiger partial charge in [0.1, 0.15) is 0 Å². The van der Waals surface area contributed by atoms with Crippen molar-refractivity contribution < 1.29 is 4.79 Å². The summed E-state index contributed by atoms with van der Waals surface area (Å²) >= 11 is 0. The summed E-state index contributed by atoms with van der Waals surface area (Å²) in [6, 6.07) is 14.6. The molecule has 3 heteroatoms. The quantitative estimate of drug-likeness (QED) is 0.833. The number of benzene rings is 2. The van der Waals surface area contributed by atoms with Crippen molar-refractivity contribution in [2.24, 2.45) is 0 Å². The van der Waals surface area contributed by atoms with Crippen LogP contribution >= 0.6 is 0 Å². The van der Waals surface area contributed by atoms with Gasteiger partial charge < -0.3 is 10.2 Å². The van der Waals surface area contributed by atoms with Crippen LogP contribution < -0.4 is 5.32 Å². The van der Waals surface area contributed by atoms with Gasteiger partial charge in [0, 0.05) is 12.2 Å². The van der Waals surface area contributed by atoms with Gasteiger partial charge in [-0.05, 0) is 61.9 Å². The molecule has 2 aromatic rings. The molecule has 3 rings (SSSR count). The summed E-state index contributed by atoms with van der Waals surface area (Å²) in [6.07, 6.45) is 2.09. The number of hydrogen-bond acceptors (Lipinski definition) is 1. The Balaban J connectivity index is 1.81. The predicted molar refractivity (Wildman–Crippen MR) is 94.8 cm³/mol. The average molecular weight is 308 g/mol. The molecule has 1 aliphatic heterocycles. The van der Waals surface area contributed by atoms with Gasteiger partial charge in [-0.3, -0.25) is 0 Å². The fourth-order valence-electron chi connectivity index (χ4n) is 3.37. The second-order valence-electron chi connectivity index (χ2n) is 6.39. The van der Waals surface area contributed by atoms with Crippen LogP contribution in [0.25, 0.3) is 0 Å². The molecule has 120 valence electrons. The van der Waals surface area contributed by atoms with Gasteiger partial charge in [-0.25, -0.2) is 4.79 Å². The Labute approximate surface area is 138 Å². The molecule has 1 fully saturated rings. The molecule has 0 radical (unpaired) electrons. The molecule has 1 N–H and O–H groups in total. The zero-order valence-electron chi connectivity index (χ0n) is 14.1. The molecule has 1 unspecified atom stereocenters. The second-order valence-corrected chi connectivity index (χ2v) is 6.39. The number of urea groups is 1. The Hall–Kier alpha value is -2.29. The molecule has 2 amide bonds. The molecule has 0 spiro atoms. The van der Waals surface area contributed by atoms with Crippen LogP contribution in [-0.2, 0) is 0 Å². The largest absolute Gasteiger partial charge is 0.322 e. The molecule has 0 saturated carbocycles. The number of likely N-dealkylation sites (tertiary alicyclic amines) is 1. The molecule has 0 aliphatic carbocycles. The molecule has 1 heterocycles. The van der Waals surface area contributed by atoms with E-state index in [0.717, 1.165) is 30.6 Å². The van der Waals surface area contributed by atoms with Crippen LogP contribution in [0, 0.1) is 20.8 Å². The van der Waals surface area contributed by atoms with Gasteiger partial charge in [-0.2, -0.15) is 0 Å². The minimum Gasteiger partial charge on any atom is -0.317 e. The molecule has 3 nitrogen and oxygen atoms in total. The van der Waals surface area contributed by atoms with E-state index in [1.165, 1.54) is 16.7 Å². The molecular formula is C20H24N2O. The van der Waals surface area contributed by atoms with Crippen LogP contribution in [0.3, 0.4) is 0 Å². The van der Waals surface area contributed by atoms with Crippen LogP contribution in [0.15, 0.2) is 42.5 Å². The number of nitrogens with one attached hydrogen (secondary N) is 1. The highest BCUT2D eigenvalue weighted by atomic mass is 16.2. The van der Waals surface area contributed by atoms with Crippen LogP contribution in [-0.4, -0.2) is 17.5 Å². The summed E-state index contributed by atoms with van der Waals surface area (Å²) in [6.45, 7) is 7.05. The van der Waals surface area contributed by atoms with E-state index in [9.17, 15) is 4.79 Å². The number of carbonyl (C=O) groups is 1. The minimum absolute atomic E-state index is 0.00412. The van der Waals surface area contributed by atoms with Crippen LogP contribution in [0.1, 0.15) is 41.1 Å². The molecule has 23 heavy (non-hydrogen) atoms. The minimum atomic E-state index is 0.00412. The van der Waals surface area contributed by atoms with E-state index in [2.05, 4.69) is 43.4 Å². The lowest BCUT2D eigenvalue weighted by molar-refractivity contribution is 0.207. The van der Waals surface area contributed by atoms with Crippen LogP contribution in [0.4, 0.5) is 10.5 Å². The Kier molecular flexibility index (Phi) is 4.37. The van der Waals surface area contributed by atoms with Gasteiger partial charge in [0.2, 0.25) is 0 Å². The Morgan fingerprint density at radius 3 is 2.57 bits per heavy atom. The molecule has 0 aromatic heterocycles. The average Bonchev–Trinajstić information content (AvgIpc) is 3.02. The van der Waals surface area contributed by atoms with Gasteiger partial charge >= 0.3 is 6.03 Å². The third-order valence-corrected chi connectivity index (χ3v) is 4.91. The van der Waals surface area contributed by atoms with E-state index >= 15 is 0 Å². The summed E-state index contributed by atoms with van der Waals surface area (Å²) < 4.78 is 0. The summed E-state index contributed by atoms with van der Waals surface area (Å²) in [5, 5.41) is 3.10. The van der Waals surface area contributed by atoms with Crippen molar-refractivity contribution in [3.8, 4) is 0 Å². The molecule has 0 bridgehead atoms. The molecule has 1 saturated heterocycles. The number of aryl methyl sites for hydroxylation is 2. The molecule has 1 atom stereocenters. The standard InChI is InChI=1S/C20H24N2O/c1-14-9-6-11-18(16(14)3)21-20(23)22-13-7-12-19(22)17-10-5-4-8-15(17)2/h4-6,8-11,19H,7,12-13H2,1-3H3,(H,21,23). The third kappa shape index (κ3) is 3.09. The van der Waals surface area contributed by atoms with E-state index in [4.69, 9.17) is 0 Å². The lowest BCUT2D eigenvalue weighted by Gasteiger charge is -2.27. The van der Waals surface area contributed by atoms with E-state index in [0.29, 0.717) is 0 Å². The lowest BCUT2D eigenvalue weighted by Crippen LogP contribution is -2.34. The predicted octanol–water partition coefficient (Wildman–Crippen LogP) is 4.98.